The van der Waals surface area contributed by atoms with Crippen LogP contribution in [0.4, 0.5) is 5.69 Å². The lowest BCUT2D eigenvalue weighted by Gasteiger charge is -2.07. The van der Waals surface area contributed by atoms with Gasteiger partial charge in [-0.3, -0.25) is 0 Å². The molecule has 0 unspecified atom stereocenters. The highest BCUT2D eigenvalue weighted by molar-refractivity contribution is 7.90. The highest BCUT2D eigenvalue weighted by Crippen LogP contribution is 2.24. The largest absolute Gasteiger partial charge is 0.481 e. The van der Waals surface area contributed by atoms with Crippen molar-refractivity contribution in [3.05, 3.63) is 47.1 Å². The van der Waals surface area contributed by atoms with Crippen molar-refractivity contribution in [2.45, 2.75) is 10.6 Å². The molecule has 106 valence electrons. The third-order valence-electron chi connectivity index (χ3n) is 2.66. The molecule has 1 heterocycles. The monoisotopic (exact) mass is 312 g/mol. The van der Waals surface area contributed by atoms with E-state index in [2.05, 4.69) is 4.98 Å². The minimum Gasteiger partial charge on any atom is -0.481 e. The molecule has 0 amide bonds. The van der Waals surface area contributed by atoms with E-state index in [-0.39, 0.29) is 15.7 Å². The molecule has 0 radical (unpaired) electrons. The Labute approximate surface area is 122 Å². The predicted molar refractivity (Wildman–Crippen MR) is 77.5 cm³/mol. The van der Waals surface area contributed by atoms with E-state index in [1.54, 1.807) is 18.2 Å². The van der Waals surface area contributed by atoms with Gasteiger partial charge < -0.3 is 10.5 Å². The van der Waals surface area contributed by atoms with Crippen LogP contribution in [0.2, 0.25) is 5.02 Å². The lowest BCUT2D eigenvalue weighted by atomic mass is 10.3. The topological polar surface area (TPSA) is 82.3 Å². The molecule has 20 heavy (non-hydrogen) atoms. The van der Waals surface area contributed by atoms with E-state index >= 15 is 0 Å². The molecule has 0 saturated heterocycles. The quantitative estimate of drug-likeness (QED) is 0.876. The van der Waals surface area contributed by atoms with Crippen LogP contribution in [0.3, 0.4) is 0 Å². The number of hydrogen-bond donors (Lipinski definition) is 1. The lowest BCUT2D eigenvalue weighted by Crippen LogP contribution is -2.07. The SMILES string of the molecule is COc1cccc(CS(=O)(=O)c2ccc(N)c(Cl)c2)n1. The molecule has 1 aromatic carbocycles. The molecule has 0 fully saturated rings. The number of rotatable bonds is 4. The summed E-state index contributed by atoms with van der Waals surface area (Å²) in [5, 5.41) is 0.213. The smallest absolute Gasteiger partial charge is 0.213 e. The van der Waals surface area contributed by atoms with Gasteiger partial charge in [0.2, 0.25) is 5.88 Å². The molecular weight excluding hydrogens is 300 g/mol. The highest BCUT2D eigenvalue weighted by atomic mass is 35.5. The van der Waals surface area contributed by atoms with E-state index in [4.69, 9.17) is 22.1 Å². The number of halogens is 1. The number of methoxy groups -OCH3 is 1. The Hall–Kier alpha value is -1.79. The summed E-state index contributed by atoms with van der Waals surface area (Å²) in [6, 6.07) is 9.19. The first kappa shape index (κ1) is 14.6. The number of sulfone groups is 1. The van der Waals surface area contributed by atoms with Crippen molar-refractivity contribution in [2.24, 2.45) is 0 Å². The number of benzene rings is 1. The molecule has 0 aliphatic heterocycles. The third kappa shape index (κ3) is 3.20. The standard InChI is InChI=1S/C13H13ClN2O3S/c1-19-13-4-2-3-9(16-13)8-20(17,18)10-5-6-12(15)11(14)7-10/h2-7H,8,15H2,1H3. The van der Waals surface area contributed by atoms with Gasteiger partial charge in [0.15, 0.2) is 9.84 Å². The molecule has 7 heteroatoms. The van der Waals surface area contributed by atoms with E-state index in [1.165, 1.54) is 25.3 Å². The Balaban J connectivity index is 2.32. The van der Waals surface area contributed by atoms with E-state index in [0.717, 1.165) is 0 Å². The molecule has 2 rings (SSSR count). The molecule has 0 saturated carbocycles. The first-order valence-electron chi connectivity index (χ1n) is 5.70. The second kappa shape index (κ2) is 5.68. The maximum absolute atomic E-state index is 12.3. The van der Waals surface area contributed by atoms with Crippen molar-refractivity contribution >= 4 is 27.1 Å². The zero-order chi connectivity index (χ0) is 14.8. The average molecular weight is 313 g/mol. The molecule has 1 aromatic heterocycles. The molecular formula is C13H13ClN2O3S. The van der Waals surface area contributed by atoms with Crippen LogP contribution in [0, 0.1) is 0 Å². The molecule has 0 aliphatic carbocycles. The molecule has 0 atom stereocenters. The number of anilines is 1. The average Bonchev–Trinajstić information content (AvgIpc) is 2.41. The Morgan fingerprint density at radius 2 is 2.05 bits per heavy atom. The van der Waals surface area contributed by atoms with Crippen LogP contribution in [0.1, 0.15) is 5.69 Å². The first-order chi connectivity index (χ1) is 9.42. The van der Waals surface area contributed by atoms with Crippen molar-refractivity contribution in [2.75, 3.05) is 12.8 Å². The Kier molecular flexibility index (Phi) is 4.15. The number of nitrogen functional groups attached to an aromatic ring is 1. The highest BCUT2D eigenvalue weighted by Gasteiger charge is 2.17. The summed E-state index contributed by atoms with van der Waals surface area (Å²) in [6.07, 6.45) is 0. The van der Waals surface area contributed by atoms with E-state index < -0.39 is 9.84 Å². The maximum atomic E-state index is 12.3. The Morgan fingerprint density at radius 1 is 1.30 bits per heavy atom. The maximum Gasteiger partial charge on any atom is 0.213 e. The summed E-state index contributed by atoms with van der Waals surface area (Å²) < 4.78 is 29.5. The number of nitrogens with two attached hydrogens (primary N) is 1. The molecule has 0 spiro atoms. The van der Waals surface area contributed by atoms with Gasteiger partial charge in [-0.2, -0.15) is 0 Å². The lowest BCUT2D eigenvalue weighted by molar-refractivity contribution is 0.396. The van der Waals surface area contributed by atoms with Gasteiger partial charge >= 0.3 is 0 Å². The second-order valence-electron chi connectivity index (χ2n) is 4.11. The van der Waals surface area contributed by atoms with Gasteiger partial charge in [0, 0.05) is 6.07 Å². The fourth-order valence-electron chi connectivity index (χ4n) is 1.63. The van der Waals surface area contributed by atoms with Crippen molar-refractivity contribution < 1.29 is 13.2 Å². The van der Waals surface area contributed by atoms with Crippen molar-refractivity contribution in [1.29, 1.82) is 0 Å². The van der Waals surface area contributed by atoms with Gasteiger partial charge in [-0.1, -0.05) is 17.7 Å². The second-order valence-corrected chi connectivity index (χ2v) is 6.51. The van der Waals surface area contributed by atoms with Crippen molar-refractivity contribution in [3.8, 4) is 5.88 Å². The van der Waals surface area contributed by atoms with E-state index in [9.17, 15) is 8.42 Å². The van der Waals surface area contributed by atoms with Crippen molar-refractivity contribution in [1.82, 2.24) is 4.98 Å². The van der Waals surface area contributed by atoms with E-state index in [1.807, 2.05) is 0 Å². The summed E-state index contributed by atoms with van der Waals surface area (Å²) in [5.74, 6) is 0.137. The number of nitrogens with zero attached hydrogens (tertiary/aromatic N) is 1. The predicted octanol–water partition coefficient (Wildman–Crippen LogP) is 2.30. The van der Waals surface area contributed by atoms with Gasteiger partial charge in [0.1, 0.15) is 0 Å². The molecule has 5 nitrogen and oxygen atoms in total. The first-order valence-corrected chi connectivity index (χ1v) is 7.73. The summed E-state index contributed by atoms with van der Waals surface area (Å²) in [5.41, 5.74) is 6.31. The van der Waals surface area contributed by atoms with E-state index in [0.29, 0.717) is 17.3 Å². The third-order valence-corrected chi connectivity index (χ3v) is 4.63. The van der Waals surface area contributed by atoms with Crippen LogP contribution >= 0.6 is 11.6 Å². The summed E-state index contributed by atoms with van der Waals surface area (Å²) in [7, 11) is -2.06. The van der Waals surface area contributed by atoms with Crippen LogP contribution in [-0.2, 0) is 15.6 Å². The zero-order valence-corrected chi connectivity index (χ0v) is 12.3. The summed E-state index contributed by atoms with van der Waals surface area (Å²) in [6.45, 7) is 0. The molecule has 0 aliphatic rings. The summed E-state index contributed by atoms with van der Waals surface area (Å²) >= 11 is 5.85. The van der Waals surface area contributed by atoms with Crippen LogP contribution in [0.25, 0.3) is 0 Å². The zero-order valence-electron chi connectivity index (χ0n) is 10.7. The van der Waals surface area contributed by atoms with Gasteiger partial charge in [0.25, 0.3) is 0 Å². The Bertz CT molecular complexity index is 732. The van der Waals surface area contributed by atoms with Crippen molar-refractivity contribution in [3.63, 3.8) is 0 Å². The number of pyridine rings is 1. The van der Waals surface area contributed by atoms with Crippen LogP contribution in [-0.4, -0.2) is 20.5 Å². The van der Waals surface area contributed by atoms with Gasteiger partial charge in [0.05, 0.1) is 34.2 Å². The Morgan fingerprint density at radius 3 is 2.70 bits per heavy atom. The summed E-state index contributed by atoms with van der Waals surface area (Å²) in [4.78, 5) is 4.20. The molecule has 2 aromatic rings. The number of hydrogen-bond acceptors (Lipinski definition) is 5. The normalized spacial score (nSPS) is 11.3. The fourth-order valence-corrected chi connectivity index (χ4v) is 3.17. The minimum absolute atomic E-state index is 0.112. The number of ether oxygens (including phenoxy) is 1. The molecule has 2 N–H and O–H groups in total. The number of aromatic nitrogens is 1. The molecule has 0 bridgehead atoms. The van der Waals surface area contributed by atoms with Crippen LogP contribution in [0.15, 0.2) is 41.3 Å². The van der Waals surface area contributed by atoms with Gasteiger partial charge in [-0.05, 0) is 24.3 Å². The van der Waals surface area contributed by atoms with Crippen LogP contribution in [0.5, 0.6) is 5.88 Å². The van der Waals surface area contributed by atoms with Gasteiger partial charge in [-0.25, -0.2) is 13.4 Å². The van der Waals surface area contributed by atoms with Crippen LogP contribution < -0.4 is 10.5 Å². The fraction of sp³-hybridized carbons (Fsp3) is 0.154. The van der Waals surface area contributed by atoms with Gasteiger partial charge in [-0.15, -0.1) is 0 Å². The minimum atomic E-state index is -3.54.